The molecule has 0 bridgehead atoms. The van der Waals surface area contributed by atoms with Crippen LogP contribution in [0.3, 0.4) is 0 Å². The molecule has 25 heavy (non-hydrogen) atoms. The number of hydrogen-bond acceptors (Lipinski definition) is 9. The van der Waals surface area contributed by atoms with Crippen molar-refractivity contribution in [3.05, 3.63) is 35.4 Å². The molecular weight excluding hydrogens is 336 g/mol. The van der Waals surface area contributed by atoms with Gasteiger partial charge in [0.1, 0.15) is 32.7 Å². The van der Waals surface area contributed by atoms with Gasteiger partial charge in [0.2, 0.25) is 0 Å². The Morgan fingerprint density at radius 3 is 2.28 bits per heavy atom. The Labute approximate surface area is 142 Å². The van der Waals surface area contributed by atoms with Crippen LogP contribution in [0.2, 0.25) is 0 Å². The van der Waals surface area contributed by atoms with Gasteiger partial charge in [-0.05, 0) is 18.2 Å². The number of esters is 2. The number of hydrogen-bond donors (Lipinski definition) is 0. The molecule has 2 atom stereocenters. The molecule has 1 aromatic carbocycles. The first-order valence-corrected chi connectivity index (χ1v) is 7.59. The first-order chi connectivity index (χ1) is 12.1. The molecule has 2 aliphatic rings. The minimum Gasteiger partial charge on any atom is -0.459 e. The lowest BCUT2D eigenvalue weighted by atomic mass is 10.1. The second kappa shape index (κ2) is 7.95. The van der Waals surface area contributed by atoms with Crippen molar-refractivity contribution < 1.29 is 42.8 Å². The van der Waals surface area contributed by atoms with E-state index in [1.807, 2.05) is 0 Å². The predicted octanol–water partition coefficient (Wildman–Crippen LogP) is 0.909. The topological polar surface area (TPSA) is 107 Å². The monoisotopic (exact) mass is 352 g/mol. The van der Waals surface area contributed by atoms with Gasteiger partial charge in [0.15, 0.2) is 6.10 Å². The molecule has 0 spiro atoms. The maximum atomic E-state index is 12.0. The van der Waals surface area contributed by atoms with Crippen LogP contribution in [0.5, 0.6) is 0 Å². The van der Waals surface area contributed by atoms with Gasteiger partial charge in [0, 0.05) is 0 Å². The van der Waals surface area contributed by atoms with E-state index in [1.165, 1.54) is 18.2 Å². The summed E-state index contributed by atoms with van der Waals surface area (Å²) in [4.78, 5) is 34.9. The minimum atomic E-state index is -0.789. The Kier molecular flexibility index (Phi) is 5.46. The third-order valence-corrected chi connectivity index (χ3v) is 3.48. The first kappa shape index (κ1) is 17.2. The van der Waals surface area contributed by atoms with Crippen LogP contribution in [-0.4, -0.2) is 63.5 Å². The van der Waals surface area contributed by atoms with Crippen molar-refractivity contribution >= 4 is 18.1 Å². The highest BCUT2D eigenvalue weighted by atomic mass is 16.8. The average molecular weight is 352 g/mol. The van der Waals surface area contributed by atoms with Gasteiger partial charge in [-0.25, -0.2) is 14.4 Å². The maximum absolute atomic E-state index is 12.0. The standard InChI is InChI=1S/C16H16O9/c17-14(21-6-12-5-20-9-24-12)10-2-1-3-11(4-10)15(18)22-7-13-8-23-16(19)25-13/h1-4,12-13H,5-9H2. The molecule has 0 amide bonds. The highest BCUT2D eigenvalue weighted by Crippen LogP contribution is 2.12. The van der Waals surface area contributed by atoms with E-state index in [-0.39, 0.29) is 43.8 Å². The largest absolute Gasteiger partial charge is 0.508 e. The van der Waals surface area contributed by atoms with Crippen LogP contribution < -0.4 is 0 Å². The zero-order chi connectivity index (χ0) is 17.6. The zero-order valence-corrected chi connectivity index (χ0v) is 13.2. The second-order valence-corrected chi connectivity index (χ2v) is 5.36. The van der Waals surface area contributed by atoms with Gasteiger partial charge in [-0.1, -0.05) is 6.07 Å². The first-order valence-electron chi connectivity index (χ1n) is 7.59. The fourth-order valence-corrected chi connectivity index (χ4v) is 2.19. The highest BCUT2D eigenvalue weighted by molar-refractivity contribution is 5.95. The van der Waals surface area contributed by atoms with Crippen LogP contribution in [0.4, 0.5) is 4.79 Å². The number of benzene rings is 1. The summed E-state index contributed by atoms with van der Waals surface area (Å²) in [5, 5.41) is 0. The fourth-order valence-electron chi connectivity index (χ4n) is 2.19. The van der Waals surface area contributed by atoms with E-state index in [1.54, 1.807) is 6.07 Å². The molecule has 0 aliphatic carbocycles. The molecule has 0 saturated carbocycles. The zero-order valence-electron chi connectivity index (χ0n) is 13.2. The number of rotatable bonds is 6. The highest BCUT2D eigenvalue weighted by Gasteiger charge is 2.26. The third-order valence-electron chi connectivity index (χ3n) is 3.48. The molecule has 1 aromatic rings. The van der Waals surface area contributed by atoms with Gasteiger partial charge < -0.3 is 28.4 Å². The van der Waals surface area contributed by atoms with Crippen molar-refractivity contribution in [1.82, 2.24) is 0 Å². The van der Waals surface area contributed by atoms with E-state index >= 15 is 0 Å². The van der Waals surface area contributed by atoms with E-state index in [4.69, 9.17) is 23.7 Å². The molecule has 2 saturated heterocycles. The fraction of sp³-hybridized carbons (Fsp3) is 0.438. The van der Waals surface area contributed by atoms with Gasteiger partial charge in [-0.15, -0.1) is 0 Å². The van der Waals surface area contributed by atoms with E-state index < -0.39 is 24.2 Å². The number of ether oxygens (including phenoxy) is 6. The van der Waals surface area contributed by atoms with Crippen LogP contribution in [0, 0.1) is 0 Å². The smallest absolute Gasteiger partial charge is 0.459 e. The molecule has 0 aromatic heterocycles. The summed E-state index contributed by atoms with van der Waals surface area (Å²) in [6.45, 7) is 0.532. The molecule has 3 rings (SSSR count). The number of carbonyl (C=O) groups is 3. The van der Waals surface area contributed by atoms with E-state index in [0.29, 0.717) is 6.61 Å². The van der Waals surface area contributed by atoms with Gasteiger partial charge in [-0.3, -0.25) is 0 Å². The number of cyclic esters (lactones) is 2. The minimum absolute atomic E-state index is 0.0332. The number of carbonyl (C=O) groups excluding carboxylic acids is 3. The summed E-state index contributed by atoms with van der Waals surface area (Å²) >= 11 is 0. The summed E-state index contributed by atoms with van der Waals surface area (Å²) in [6, 6.07) is 5.94. The lowest BCUT2D eigenvalue weighted by molar-refractivity contribution is 0.00768. The molecular formula is C16H16O9. The maximum Gasteiger partial charge on any atom is 0.508 e. The lowest BCUT2D eigenvalue weighted by Crippen LogP contribution is -2.22. The van der Waals surface area contributed by atoms with Crippen molar-refractivity contribution in [1.29, 1.82) is 0 Å². The van der Waals surface area contributed by atoms with Crippen molar-refractivity contribution in [2.75, 3.05) is 33.2 Å². The Morgan fingerprint density at radius 1 is 1.04 bits per heavy atom. The SMILES string of the molecule is O=C1OCC(COC(=O)c2cccc(C(=O)OCC3COCO3)c2)O1. The summed E-state index contributed by atoms with van der Waals surface area (Å²) in [5.74, 6) is -1.23. The molecule has 2 heterocycles. The van der Waals surface area contributed by atoms with Crippen LogP contribution in [0.15, 0.2) is 24.3 Å². The molecule has 0 N–H and O–H groups in total. The molecule has 2 aliphatic heterocycles. The van der Waals surface area contributed by atoms with E-state index in [0.717, 1.165) is 0 Å². The quantitative estimate of drug-likeness (QED) is 0.545. The normalized spacial score (nSPS) is 22.2. The predicted molar refractivity (Wildman–Crippen MR) is 78.9 cm³/mol. The molecule has 9 nitrogen and oxygen atoms in total. The van der Waals surface area contributed by atoms with Gasteiger partial charge >= 0.3 is 18.1 Å². The van der Waals surface area contributed by atoms with Crippen molar-refractivity contribution in [2.45, 2.75) is 12.2 Å². The van der Waals surface area contributed by atoms with Crippen LogP contribution in [0.1, 0.15) is 20.7 Å². The molecule has 0 radical (unpaired) electrons. The van der Waals surface area contributed by atoms with Gasteiger partial charge in [0.05, 0.1) is 17.7 Å². The molecule has 2 unspecified atom stereocenters. The van der Waals surface area contributed by atoms with Crippen molar-refractivity contribution in [3.8, 4) is 0 Å². The molecule has 2 fully saturated rings. The Balaban J connectivity index is 1.51. The Hall–Kier alpha value is -2.65. The van der Waals surface area contributed by atoms with E-state index in [2.05, 4.69) is 4.74 Å². The summed E-state index contributed by atoms with van der Waals surface area (Å²) < 4.78 is 29.7. The second-order valence-electron chi connectivity index (χ2n) is 5.36. The van der Waals surface area contributed by atoms with Crippen LogP contribution in [-0.2, 0) is 28.4 Å². The summed E-state index contributed by atoms with van der Waals surface area (Å²) in [7, 11) is 0. The molecule has 9 heteroatoms. The Bertz CT molecular complexity index is 651. The van der Waals surface area contributed by atoms with Crippen LogP contribution >= 0.6 is 0 Å². The van der Waals surface area contributed by atoms with Gasteiger partial charge in [-0.2, -0.15) is 0 Å². The van der Waals surface area contributed by atoms with Crippen molar-refractivity contribution in [3.63, 3.8) is 0 Å². The lowest BCUT2D eigenvalue weighted by Gasteiger charge is -2.10. The third kappa shape index (κ3) is 4.68. The Morgan fingerprint density at radius 2 is 1.72 bits per heavy atom. The van der Waals surface area contributed by atoms with E-state index in [9.17, 15) is 14.4 Å². The summed E-state index contributed by atoms with van der Waals surface area (Å²) in [6.07, 6.45) is -1.70. The van der Waals surface area contributed by atoms with Crippen LogP contribution in [0.25, 0.3) is 0 Å². The van der Waals surface area contributed by atoms with Gasteiger partial charge in [0.25, 0.3) is 0 Å². The molecule has 134 valence electrons. The average Bonchev–Trinajstić information content (AvgIpc) is 3.29. The van der Waals surface area contributed by atoms with Crippen molar-refractivity contribution in [2.24, 2.45) is 0 Å². The summed E-state index contributed by atoms with van der Waals surface area (Å²) in [5.41, 5.74) is 0.393.